The quantitative estimate of drug-likeness (QED) is 0.641. The number of aromatic hydroxyl groups is 1. The number of rotatable bonds is 6. The molecule has 0 saturated carbocycles. The molecule has 1 aromatic carbocycles. The Morgan fingerprint density at radius 3 is 2.87 bits per heavy atom. The van der Waals surface area contributed by atoms with Gasteiger partial charge >= 0.3 is 0 Å². The summed E-state index contributed by atoms with van der Waals surface area (Å²) in [7, 11) is 1.60. The Morgan fingerprint density at radius 1 is 1.47 bits per heavy atom. The zero-order chi connectivity index (χ0) is 11.1. The van der Waals surface area contributed by atoms with Gasteiger partial charge in [-0.3, -0.25) is 0 Å². The highest BCUT2D eigenvalue weighted by Crippen LogP contribution is 2.10. The van der Waals surface area contributed by atoms with E-state index in [1.807, 2.05) is 6.07 Å². The highest BCUT2D eigenvalue weighted by molar-refractivity contribution is 5.26. The summed E-state index contributed by atoms with van der Waals surface area (Å²) in [6, 6.07) is 6.94. The van der Waals surface area contributed by atoms with Crippen LogP contribution in [0, 0.1) is 0 Å². The molecule has 0 saturated heterocycles. The summed E-state index contributed by atoms with van der Waals surface area (Å²) in [6.07, 6.45) is 0. The van der Waals surface area contributed by atoms with Crippen molar-refractivity contribution in [3.8, 4) is 5.75 Å². The van der Waals surface area contributed by atoms with Crippen molar-refractivity contribution in [3.05, 3.63) is 29.8 Å². The van der Waals surface area contributed by atoms with Gasteiger partial charge < -0.3 is 20.3 Å². The molecule has 0 heterocycles. The van der Waals surface area contributed by atoms with Crippen LogP contribution in [0.5, 0.6) is 5.75 Å². The maximum atomic E-state index is 9.24. The Hall–Kier alpha value is -1.10. The number of benzene rings is 1. The largest absolute Gasteiger partial charge is 0.508 e. The fourth-order valence-corrected chi connectivity index (χ4v) is 1.31. The Labute approximate surface area is 89.5 Å². The SMILES string of the molecule is COCC(CO)NCc1cccc(O)c1. The van der Waals surface area contributed by atoms with Gasteiger partial charge in [-0.15, -0.1) is 0 Å². The molecule has 0 aromatic heterocycles. The second-order valence-corrected chi connectivity index (χ2v) is 3.39. The fraction of sp³-hybridized carbons (Fsp3) is 0.455. The number of aliphatic hydroxyl groups excluding tert-OH is 1. The molecular formula is C11H17NO3. The molecule has 1 atom stereocenters. The van der Waals surface area contributed by atoms with Crippen molar-refractivity contribution in [1.82, 2.24) is 5.32 Å². The highest BCUT2D eigenvalue weighted by Gasteiger charge is 2.05. The molecule has 0 aliphatic heterocycles. The summed E-state index contributed by atoms with van der Waals surface area (Å²) in [6.45, 7) is 1.10. The van der Waals surface area contributed by atoms with Gasteiger partial charge in [0.05, 0.1) is 19.3 Å². The van der Waals surface area contributed by atoms with E-state index in [2.05, 4.69) is 5.32 Å². The van der Waals surface area contributed by atoms with Gasteiger partial charge in [0, 0.05) is 13.7 Å². The number of phenolic OH excluding ortho intramolecular Hbond substituents is 1. The number of hydrogen-bond acceptors (Lipinski definition) is 4. The van der Waals surface area contributed by atoms with E-state index in [0.29, 0.717) is 13.2 Å². The van der Waals surface area contributed by atoms with Gasteiger partial charge in [0.25, 0.3) is 0 Å². The van der Waals surface area contributed by atoms with Crippen molar-refractivity contribution in [3.63, 3.8) is 0 Å². The van der Waals surface area contributed by atoms with Crippen LogP contribution in [-0.2, 0) is 11.3 Å². The molecule has 1 rings (SSSR count). The topological polar surface area (TPSA) is 61.7 Å². The Balaban J connectivity index is 2.41. The van der Waals surface area contributed by atoms with Gasteiger partial charge in [-0.05, 0) is 17.7 Å². The number of ether oxygens (including phenoxy) is 1. The lowest BCUT2D eigenvalue weighted by Crippen LogP contribution is -2.35. The average molecular weight is 211 g/mol. The monoisotopic (exact) mass is 211 g/mol. The van der Waals surface area contributed by atoms with Crippen LogP contribution in [-0.4, -0.2) is 36.6 Å². The molecule has 0 aliphatic carbocycles. The van der Waals surface area contributed by atoms with E-state index in [9.17, 15) is 5.11 Å². The van der Waals surface area contributed by atoms with Crippen LogP contribution >= 0.6 is 0 Å². The van der Waals surface area contributed by atoms with Crippen LogP contribution in [0.25, 0.3) is 0 Å². The lowest BCUT2D eigenvalue weighted by molar-refractivity contribution is 0.128. The summed E-state index contributed by atoms with van der Waals surface area (Å²) in [5, 5.41) is 21.4. The lowest BCUT2D eigenvalue weighted by Gasteiger charge is -2.15. The maximum absolute atomic E-state index is 9.24. The van der Waals surface area contributed by atoms with Crippen LogP contribution < -0.4 is 5.32 Å². The number of aliphatic hydroxyl groups is 1. The van der Waals surface area contributed by atoms with Crippen molar-refractivity contribution in [2.24, 2.45) is 0 Å². The number of hydrogen-bond donors (Lipinski definition) is 3. The molecule has 0 aliphatic rings. The van der Waals surface area contributed by atoms with Crippen LogP contribution in [0.2, 0.25) is 0 Å². The summed E-state index contributed by atoms with van der Waals surface area (Å²) >= 11 is 0. The minimum Gasteiger partial charge on any atom is -0.508 e. The van der Waals surface area contributed by atoms with Gasteiger partial charge in [-0.2, -0.15) is 0 Å². The third kappa shape index (κ3) is 4.29. The Morgan fingerprint density at radius 2 is 2.27 bits per heavy atom. The van der Waals surface area contributed by atoms with Crippen molar-refractivity contribution in [2.45, 2.75) is 12.6 Å². The zero-order valence-electron chi connectivity index (χ0n) is 8.81. The standard InChI is InChI=1S/C11H17NO3/c1-15-8-10(7-13)12-6-9-3-2-4-11(14)5-9/h2-5,10,12-14H,6-8H2,1H3. The van der Waals surface area contributed by atoms with Gasteiger partial charge in [0.15, 0.2) is 0 Å². The minimum atomic E-state index is -0.0719. The van der Waals surface area contributed by atoms with Crippen LogP contribution in [0.3, 0.4) is 0 Å². The van der Waals surface area contributed by atoms with Crippen molar-refractivity contribution >= 4 is 0 Å². The number of methoxy groups -OCH3 is 1. The van der Waals surface area contributed by atoms with Gasteiger partial charge in [0.1, 0.15) is 5.75 Å². The van der Waals surface area contributed by atoms with E-state index in [1.54, 1.807) is 25.3 Å². The average Bonchev–Trinajstić information content (AvgIpc) is 2.24. The van der Waals surface area contributed by atoms with E-state index in [1.165, 1.54) is 0 Å². The van der Waals surface area contributed by atoms with Crippen LogP contribution in [0.4, 0.5) is 0 Å². The first-order valence-electron chi connectivity index (χ1n) is 4.87. The van der Waals surface area contributed by atoms with Crippen molar-refractivity contribution in [2.75, 3.05) is 20.3 Å². The van der Waals surface area contributed by atoms with E-state index >= 15 is 0 Å². The predicted octanol–water partition coefficient (Wildman–Crippen LogP) is 0.489. The Bertz CT molecular complexity index is 291. The second-order valence-electron chi connectivity index (χ2n) is 3.39. The summed E-state index contributed by atoms with van der Waals surface area (Å²) in [4.78, 5) is 0. The summed E-state index contributed by atoms with van der Waals surface area (Å²) in [5.41, 5.74) is 0.976. The van der Waals surface area contributed by atoms with Gasteiger partial charge in [-0.1, -0.05) is 12.1 Å². The van der Waals surface area contributed by atoms with Crippen LogP contribution in [0.1, 0.15) is 5.56 Å². The molecule has 84 valence electrons. The molecule has 3 N–H and O–H groups in total. The summed E-state index contributed by atoms with van der Waals surface area (Å²) < 4.78 is 4.94. The van der Waals surface area contributed by atoms with E-state index in [0.717, 1.165) is 5.56 Å². The maximum Gasteiger partial charge on any atom is 0.115 e. The van der Waals surface area contributed by atoms with Crippen molar-refractivity contribution < 1.29 is 14.9 Å². The second kappa shape index (κ2) is 6.40. The molecule has 0 radical (unpaired) electrons. The molecule has 0 fully saturated rings. The first-order chi connectivity index (χ1) is 7.26. The third-order valence-corrected chi connectivity index (χ3v) is 2.09. The number of phenols is 1. The molecule has 1 unspecified atom stereocenters. The number of nitrogens with one attached hydrogen (secondary N) is 1. The first kappa shape index (κ1) is 12.0. The molecular weight excluding hydrogens is 194 g/mol. The third-order valence-electron chi connectivity index (χ3n) is 2.09. The predicted molar refractivity (Wildman–Crippen MR) is 57.7 cm³/mol. The lowest BCUT2D eigenvalue weighted by atomic mass is 10.2. The fourth-order valence-electron chi connectivity index (χ4n) is 1.31. The first-order valence-corrected chi connectivity index (χ1v) is 4.87. The molecule has 4 nitrogen and oxygen atoms in total. The smallest absolute Gasteiger partial charge is 0.115 e. The molecule has 0 bridgehead atoms. The molecule has 4 heteroatoms. The Kier molecular flexibility index (Phi) is 5.10. The molecule has 15 heavy (non-hydrogen) atoms. The molecule has 1 aromatic rings. The van der Waals surface area contributed by atoms with Gasteiger partial charge in [0.2, 0.25) is 0 Å². The van der Waals surface area contributed by atoms with Crippen LogP contribution in [0.15, 0.2) is 24.3 Å². The highest BCUT2D eigenvalue weighted by atomic mass is 16.5. The minimum absolute atomic E-state index is 0.0344. The zero-order valence-corrected chi connectivity index (χ0v) is 8.81. The van der Waals surface area contributed by atoms with Crippen molar-refractivity contribution in [1.29, 1.82) is 0 Å². The normalized spacial score (nSPS) is 12.7. The van der Waals surface area contributed by atoms with E-state index < -0.39 is 0 Å². The van der Waals surface area contributed by atoms with E-state index in [4.69, 9.17) is 9.84 Å². The van der Waals surface area contributed by atoms with Gasteiger partial charge in [-0.25, -0.2) is 0 Å². The molecule has 0 spiro atoms. The molecule has 0 amide bonds. The van der Waals surface area contributed by atoms with E-state index in [-0.39, 0.29) is 18.4 Å². The summed E-state index contributed by atoms with van der Waals surface area (Å²) in [5.74, 6) is 0.251.